The van der Waals surface area contributed by atoms with Gasteiger partial charge in [0.25, 0.3) is 0 Å². The number of rotatable bonds is 10. The Balaban J connectivity index is 1.91. The van der Waals surface area contributed by atoms with Crippen molar-refractivity contribution in [3.8, 4) is 0 Å². The highest BCUT2D eigenvalue weighted by Crippen LogP contribution is 2.30. The molecule has 118 valence electrons. The molecule has 0 radical (unpaired) electrons. The van der Waals surface area contributed by atoms with Gasteiger partial charge < -0.3 is 10.2 Å². The van der Waals surface area contributed by atoms with Crippen molar-refractivity contribution in [3.63, 3.8) is 0 Å². The Hall–Kier alpha value is -0.380. The van der Waals surface area contributed by atoms with Gasteiger partial charge in [0.05, 0.1) is 0 Å². The lowest BCUT2D eigenvalue weighted by Crippen LogP contribution is -2.31. The molecule has 2 rings (SSSR count). The van der Waals surface area contributed by atoms with Crippen molar-refractivity contribution in [1.29, 1.82) is 0 Å². The molecule has 1 aliphatic rings. The molecule has 0 amide bonds. The monoisotopic (exact) mass is 352 g/mol. The van der Waals surface area contributed by atoms with Crippen LogP contribution in [-0.2, 0) is 0 Å². The minimum atomic E-state index is 0.464. The number of benzene rings is 1. The number of nitrogens with zero attached hydrogens (tertiary/aromatic N) is 1. The maximum atomic E-state index is 3.65. The Morgan fingerprint density at radius 3 is 2.71 bits per heavy atom. The van der Waals surface area contributed by atoms with Crippen molar-refractivity contribution in [2.45, 2.75) is 45.6 Å². The Labute approximate surface area is 138 Å². The Bertz CT molecular complexity index is 417. The zero-order valence-electron chi connectivity index (χ0n) is 13.4. The van der Waals surface area contributed by atoms with Crippen LogP contribution < -0.4 is 5.32 Å². The second-order valence-corrected chi connectivity index (χ2v) is 7.11. The largest absolute Gasteiger partial charge is 0.310 e. The van der Waals surface area contributed by atoms with Crippen LogP contribution >= 0.6 is 15.9 Å². The van der Waals surface area contributed by atoms with Crippen molar-refractivity contribution in [2.75, 3.05) is 26.2 Å². The highest BCUT2D eigenvalue weighted by molar-refractivity contribution is 9.10. The van der Waals surface area contributed by atoms with Gasteiger partial charge >= 0.3 is 0 Å². The molecular weight excluding hydrogens is 324 g/mol. The van der Waals surface area contributed by atoms with Crippen LogP contribution in [-0.4, -0.2) is 31.1 Å². The molecule has 2 nitrogen and oxygen atoms in total. The summed E-state index contributed by atoms with van der Waals surface area (Å²) in [5, 5.41) is 3.65. The summed E-state index contributed by atoms with van der Waals surface area (Å²) in [6, 6.07) is 9.19. The van der Waals surface area contributed by atoms with E-state index in [1.165, 1.54) is 55.4 Å². The quantitative estimate of drug-likeness (QED) is 0.661. The number of hydrogen-bond donors (Lipinski definition) is 1. The lowest BCUT2D eigenvalue weighted by molar-refractivity contribution is 0.248. The number of halogens is 1. The van der Waals surface area contributed by atoms with Gasteiger partial charge in [0.2, 0.25) is 0 Å². The van der Waals surface area contributed by atoms with E-state index in [4.69, 9.17) is 0 Å². The van der Waals surface area contributed by atoms with Crippen LogP contribution in [0.15, 0.2) is 28.7 Å². The molecular formula is C18H29BrN2. The Morgan fingerprint density at radius 1 is 1.29 bits per heavy atom. The second-order valence-electron chi connectivity index (χ2n) is 6.20. The number of nitrogens with one attached hydrogen (secondary N) is 1. The van der Waals surface area contributed by atoms with E-state index in [0.717, 1.165) is 12.5 Å². The van der Waals surface area contributed by atoms with E-state index in [1.807, 2.05) is 0 Å². The molecule has 1 N–H and O–H groups in total. The van der Waals surface area contributed by atoms with Crippen LogP contribution in [0.5, 0.6) is 0 Å². The maximum Gasteiger partial charge on any atom is 0.0332 e. The summed E-state index contributed by atoms with van der Waals surface area (Å²) in [5.74, 6) is 0.986. The Kier molecular flexibility index (Phi) is 7.21. The molecule has 21 heavy (non-hydrogen) atoms. The molecule has 0 bridgehead atoms. The predicted molar refractivity (Wildman–Crippen MR) is 94.6 cm³/mol. The van der Waals surface area contributed by atoms with Gasteiger partial charge in [-0.1, -0.05) is 41.9 Å². The first-order valence-electron chi connectivity index (χ1n) is 8.44. The van der Waals surface area contributed by atoms with Gasteiger partial charge in [-0.2, -0.15) is 0 Å². The maximum absolute atomic E-state index is 3.65. The summed E-state index contributed by atoms with van der Waals surface area (Å²) in [7, 11) is 0. The summed E-state index contributed by atoms with van der Waals surface area (Å²) in [6.45, 7) is 9.26. The summed E-state index contributed by atoms with van der Waals surface area (Å²) >= 11 is 3.59. The van der Waals surface area contributed by atoms with E-state index in [0.29, 0.717) is 6.04 Å². The first-order valence-corrected chi connectivity index (χ1v) is 9.23. The molecule has 0 aliphatic heterocycles. The van der Waals surface area contributed by atoms with E-state index < -0.39 is 0 Å². The van der Waals surface area contributed by atoms with Crippen LogP contribution in [0, 0.1) is 5.92 Å². The lowest BCUT2D eigenvalue weighted by atomic mass is 10.0. The molecule has 1 aromatic rings. The molecule has 1 aromatic carbocycles. The molecule has 1 fully saturated rings. The molecule has 0 spiro atoms. The standard InChI is InChI=1S/C18H29BrN2/c1-3-11-21(14-15-8-9-15)12-10-18(20-4-2)16-6-5-7-17(19)13-16/h5-7,13,15,18,20H,3-4,8-12,14H2,1-2H3. The fourth-order valence-electron chi connectivity index (χ4n) is 2.94. The Morgan fingerprint density at radius 2 is 2.10 bits per heavy atom. The van der Waals surface area contributed by atoms with Gasteiger partial charge in [0.15, 0.2) is 0 Å². The summed E-state index contributed by atoms with van der Waals surface area (Å²) in [4.78, 5) is 2.67. The zero-order valence-corrected chi connectivity index (χ0v) is 15.0. The molecule has 3 heteroatoms. The minimum absolute atomic E-state index is 0.464. The fourth-order valence-corrected chi connectivity index (χ4v) is 3.36. The van der Waals surface area contributed by atoms with Crippen molar-refractivity contribution in [2.24, 2.45) is 5.92 Å². The van der Waals surface area contributed by atoms with E-state index in [1.54, 1.807) is 0 Å². The topological polar surface area (TPSA) is 15.3 Å². The van der Waals surface area contributed by atoms with E-state index >= 15 is 0 Å². The van der Waals surface area contributed by atoms with Crippen LogP contribution in [0.2, 0.25) is 0 Å². The van der Waals surface area contributed by atoms with Crippen molar-refractivity contribution in [3.05, 3.63) is 34.3 Å². The average Bonchev–Trinajstić information content (AvgIpc) is 3.27. The van der Waals surface area contributed by atoms with Gasteiger partial charge in [-0.25, -0.2) is 0 Å². The predicted octanol–water partition coefficient (Wildman–Crippen LogP) is 4.61. The summed E-state index contributed by atoms with van der Waals surface area (Å²) < 4.78 is 1.17. The molecule has 1 saturated carbocycles. The van der Waals surface area contributed by atoms with Crippen molar-refractivity contribution < 1.29 is 0 Å². The van der Waals surface area contributed by atoms with Crippen LogP contribution in [0.25, 0.3) is 0 Å². The zero-order chi connectivity index (χ0) is 15.1. The first kappa shape index (κ1) is 17.0. The van der Waals surface area contributed by atoms with Crippen LogP contribution in [0.4, 0.5) is 0 Å². The van der Waals surface area contributed by atoms with Gasteiger partial charge in [0.1, 0.15) is 0 Å². The minimum Gasteiger partial charge on any atom is -0.310 e. The van der Waals surface area contributed by atoms with Crippen molar-refractivity contribution in [1.82, 2.24) is 10.2 Å². The normalized spacial score (nSPS) is 16.4. The fraction of sp³-hybridized carbons (Fsp3) is 0.667. The third-order valence-corrected chi connectivity index (χ3v) is 4.68. The second kappa shape index (κ2) is 8.92. The third-order valence-electron chi connectivity index (χ3n) is 4.19. The van der Waals surface area contributed by atoms with Crippen LogP contribution in [0.3, 0.4) is 0 Å². The number of hydrogen-bond acceptors (Lipinski definition) is 2. The van der Waals surface area contributed by atoms with E-state index in [-0.39, 0.29) is 0 Å². The molecule has 0 heterocycles. The molecule has 1 unspecified atom stereocenters. The van der Waals surface area contributed by atoms with Crippen molar-refractivity contribution >= 4 is 15.9 Å². The summed E-state index contributed by atoms with van der Waals surface area (Å²) in [5.41, 5.74) is 1.40. The molecule has 1 atom stereocenters. The highest BCUT2D eigenvalue weighted by Gasteiger charge is 2.24. The van der Waals surface area contributed by atoms with Crippen LogP contribution in [0.1, 0.15) is 51.1 Å². The molecule has 0 aromatic heterocycles. The van der Waals surface area contributed by atoms with Gasteiger partial charge in [-0.05, 0) is 68.9 Å². The van der Waals surface area contributed by atoms with Gasteiger partial charge in [-0.15, -0.1) is 0 Å². The highest BCUT2D eigenvalue weighted by atomic mass is 79.9. The van der Waals surface area contributed by atoms with Gasteiger partial charge in [0, 0.05) is 17.1 Å². The molecule has 1 aliphatic carbocycles. The third kappa shape index (κ3) is 6.09. The smallest absolute Gasteiger partial charge is 0.0332 e. The average molecular weight is 353 g/mol. The summed E-state index contributed by atoms with van der Waals surface area (Å²) in [6.07, 6.45) is 5.34. The first-order chi connectivity index (χ1) is 10.2. The van der Waals surface area contributed by atoms with Gasteiger partial charge in [-0.3, -0.25) is 0 Å². The van der Waals surface area contributed by atoms with E-state index in [9.17, 15) is 0 Å². The lowest BCUT2D eigenvalue weighted by Gasteiger charge is -2.25. The molecule has 0 saturated heterocycles. The van der Waals surface area contributed by atoms with E-state index in [2.05, 4.69) is 64.3 Å². The SMILES string of the molecule is CCCN(CCC(NCC)c1cccc(Br)c1)CC1CC1.